The minimum Gasteiger partial charge on any atom is -0.294 e. The summed E-state index contributed by atoms with van der Waals surface area (Å²) in [5.41, 5.74) is 2.07. The number of carbonyl (C=O) groups is 1. The lowest BCUT2D eigenvalue weighted by atomic mass is 10.1. The maximum Gasteiger partial charge on any atom is 0.262 e. The van der Waals surface area contributed by atoms with Crippen molar-refractivity contribution in [1.29, 1.82) is 0 Å². The molecule has 168 valence electrons. The van der Waals surface area contributed by atoms with E-state index >= 15 is 0 Å². The maximum absolute atomic E-state index is 13.5. The fraction of sp³-hybridized carbons (Fsp3) is 0.192. The Balaban J connectivity index is 1.58. The minimum absolute atomic E-state index is 0.0260. The summed E-state index contributed by atoms with van der Waals surface area (Å²) in [5, 5.41) is 1.18. The number of Topliss-reactive ketones (excluding diaryl/α,β-unsaturated/α-hetero) is 1. The molecule has 0 saturated carbocycles. The van der Waals surface area contributed by atoms with E-state index in [1.165, 1.54) is 36.0 Å². The molecule has 1 aromatic heterocycles. The zero-order chi connectivity index (χ0) is 23.4. The molecule has 1 atom stereocenters. The fourth-order valence-electron chi connectivity index (χ4n) is 3.65. The van der Waals surface area contributed by atoms with Crippen LogP contribution in [0.5, 0.6) is 0 Å². The lowest BCUT2D eigenvalue weighted by molar-refractivity contribution is 0.0982. The van der Waals surface area contributed by atoms with Crippen molar-refractivity contribution in [2.75, 3.05) is 5.75 Å². The van der Waals surface area contributed by atoms with E-state index in [4.69, 9.17) is 4.98 Å². The van der Waals surface area contributed by atoms with Crippen LogP contribution in [-0.4, -0.2) is 21.1 Å². The molecular formula is C26H22BrFN2O2S. The van der Waals surface area contributed by atoms with Gasteiger partial charge in [-0.1, -0.05) is 58.0 Å². The quantitative estimate of drug-likeness (QED) is 0.112. The second kappa shape index (κ2) is 10.4. The van der Waals surface area contributed by atoms with Gasteiger partial charge in [-0.25, -0.2) is 9.37 Å². The average molecular weight is 525 g/mol. The Kier molecular flexibility index (Phi) is 7.40. The topological polar surface area (TPSA) is 52.0 Å². The van der Waals surface area contributed by atoms with Gasteiger partial charge >= 0.3 is 0 Å². The van der Waals surface area contributed by atoms with Gasteiger partial charge in [-0.3, -0.25) is 14.2 Å². The van der Waals surface area contributed by atoms with Crippen LogP contribution in [0.25, 0.3) is 10.9 Å². The third-order valence-corrected chi connectivity index (χ3v) is 6.98. The molecule has 0 spiro atoms. The standard InChI is InChI=1S/C26H22BrFN2O2S/c1-17(18-6-3-2-4-7-18)30-25(32)22-16-20(27)11-14-23(22)29-26(30)33-15-5-8-24(31)19-9-12-21(28)13-10-19/h2-4,6-7,9-14,16-17H,5,8,15H2,1H3/t17-/m0/s1. The number of benzene rings is 3. The summed E-state index contributed by atoms with van der Waals surface area (Å²) in [6, 6.07) is 20.8. The van der Waals surface area contributed by atoms with Gasteiger partial charge in [0.05, 0.1) is 16.9 Å². The lowest BCUT2D eigenvalue weighted by Crippen LogP contribution is -2.27. The van der Waals surface area contributed by atoms with E-state index in [0.29, 0.717) is 40.2 Å². The van der Waals surface area contributed by atoms with Gasteiger partial charge in [0.25, 0.3) is 5.56 Å². The number of ketones is 1. The highest BCUT2D eigenvalue weighted by atomic mass is 79.9. The molecule has 1 heterocycles. The number of aromatic nitrogens is 2. The van der Waals surface area contributed by atoms with Crippen LogP contribution in [-0.2, 0) is 0 Å². The van der Waals surface area contributed by atoms with Crippen molar-refractivity contribution in [3.05, 3.63) is 105 Å². The molecule has 4 aromatic rings. The van der Waals surface area contributed by atoms with Crippen molar-refractivity contribution in [2.45, 2.75) is 31.0 Å². The lowest BCUT2D eigenvalue weighted by Gasteiger charge is -2.20. The Labute approximate surface area is 204 Å². The maximum atomic E-state index is 13.5. The summed E-state index contributed by atoms with van der Waals surface area (Å²) in [7, 11) is 0. The van der Waals surface area contributed by atoms with Gasteiger partial charge in [0, 0.05) is 22.2 Å². The highest BCUT2D eigenvalue weighted by molar-refractivity contribution is 9.10. The van der Waals surface area contributed by atoms with E-state index < -0.39 is 0 Å². The summed E-state index contributed by atoms with van der Waals surface area (Å²) < 4.78 is 15.6. The van der Waals surface area contributed by atoms with Crippen molar-refractivity contribution in [1.82, 2.24) is 9.55 Å². The molecule has 4 nitrogen and oxygen atoms in total. The van der Waals surface area contributed by atoms with E-state index in [0.717, 1.165) is 10.0 Å². The van der Waals surface area contributed by atoms with Crippen LogP contribution in [0.3, 0.4) is 0 Å². The van der Waals surface area contributed by atoms with Gasteiger partial charge in [-0.15, -0.1) is 0 Å². The zero-order valence-electron chi connectivity index (χ0n) is 18.0. The van der Waals surface area contributed by atoms with Gasteiger partial charge < -0.3 is 0 Å². The Bertz CT molecular complexity index is 1340. The van der Waals surface area contributed by atoms with Gasteiger partial charge in [-0.05, 0) is 61.4 Å². The molecule has 33 heavy (non-hydrogen) atoms. The van der Waals surface area contributed by atoms with Crippen LogP contribution in [0.4, 0.5) is 4.39 Å². The SMILES string of the molecule is C[C@@H](c1ccccc1)n1c(SCCCC(=O)c2ccc(F)cc2)nc2ccc(Br)cc2c1=O. The number of nitrogens with zero attached hydrogens (tertiary/aromatic N) is 2. The molecule has 4 rings (SSSR count). The van der Waals surface area contributed by atoms with E-state index in [9.17, 15) is 14.0 Å². The van der Waals surface area contributed by atoms with Crippen LogP contribution in [0, 0.1) is 5.82 Å². The highest BCUT2D eigenvalue weighted by Crippen LogP contribution is 2.26. The first-order valence-corrected chi connectivity index (χ1v) is 12.4. The van der Waals surface area contributed by atoms with Crippen molar-refractivity contribution < 1.29 is 9.18 Å². The Morgan fingerprint density at radius 2 is 1.82 bits per heavy atom. The largest absolute Gasteiger partial charge is 0.294 e. The number of carbonyl (C=O) groups excluding carboxylic acids is 1. The summed E-state index contributed by atoms with van der Waals surface area (Å²) in [6.45, 7) is 1.99. The van der Waals surface area contributed by atoms with E-state index in [-0.39, 0.29) is 23.2 Å². The first kappa shape index (κ1) is 23.4. The van der Waals surface area contributed by atoms with Crippen LogP contribution >= 0.6 is 27.7 Å². The van der Waals surface area contributed by atoms with Crippen LogP contribution in [0.1, 0.15) is 41.7 Å². The summed E-state index contributed by atoms with van der Waals surface area (Å²) in [5.74, 6) is 0.243. The van der Waals surface area contributed by atoms with E-state index in [1.54, 1.807) is 10.6 Å². The van der Waals surface area contributed by atoms with Crippen molar-refractivity contribution >= 4 is 44.4 Å². The van der Waals surface area contributed by atoms with Crippen LogP contribution in [0.2, 0.25) is 0 Å². The average Bonchev–Trinajstić information content (AvgIpc) is 2.83. The molecule has 0 fully saturated rings. The van der Waals surface area contributed by atoms with E-state index in [1.807, 2.05) is 49.4 Å². The molecule has 0 amide bonds. The summed E-state index contributed by atoms with van der Waals surface area (Å²) in [6.07, 6.45) is 0.965. The molecule has 0 N–H and O–H groups in total. The predicted octanol–water partition coefficient (Wildman–Crippen LogP) is 6.66. The number of hydrogen-bond acceptors (Lipinski definition) is 4. The Morgan fingerprint density at radius 3 is 2.55 bits per heavy atom. The molecular weight excluding hydrogens is 503 g/mol. The molecule has 3 aromatic carbocycles. The summed E-state index contributed by atoms with van der Waals surface area (Å²) in [4.78, 5) is 30.6. The molecule has 0 bridgehead atoms. The van der Waals surface area contributed by atoms with Crippen LogP contribution in [0.15, 0.2) is 87.2 Å². The van der Waals surface area contributed by atoms with Gasteiger partial charge in [-0.2, -0.15) is 0 Å². The summed E-state index contributed by atoms with van der Waals surface area (Å²) >= 11 is 4.92. The smallest absolute Gasteiger partial charge is 0.262 e. The third kappa shape index (κ3) is 5.42. The van der Waals surface area contributed by atoms with Crippen LogP contribution < -0.4 is 5.56 Å². The zero-order valence-corrected chi connectivity index (χ0v) is 20.4. The predicted molar refractivity (Wildman–Crippen MR) is 135 cm³/mol. The molecule has 0 radical (unpaired) electrons. The minimum atomic E-state index is -0.359. The van der Waals surface area contributed by atoms with Crippen molar-refractivity contribution in [3.8, 4) is 0 Å². The molecule has 0 aliphatic rings. The number of rotatable bonds is 8. The van der Waals surface area contributed by atoms with Crippen molar-refractivity contribution in [3.63, 3.8) is 0 Å². The second-order valence-electron chi connectivity index (χ2n) is 7.70. The normalized spacial score (nSPS) is 12.1. The number of fused-ring (bicyclic) bond motifs is 1. The molecule has 0 saturated heterocycles. The Morgan fingerprint density at radius 1 is 1.09 bits per heavy atom. The first-order chi connectivity index (χ1) is 15.9. The van der Waals surface area contributed by atoms with Gasteiger partial charge in [0.1, 0.15) is 5.82 Å². The fourth-order valence-corrected chi connectivity index (χ4v) is 5.03. The second-order valence-corrected chi connectivity index (χ2v) is 9.68. The molecule has 0 aliphatic carbocycles. The number of thioether (sulfide) groups is 1. The first-order valence-electron chi connectivity index (χ1n) is 10.6. The van der Waals surface area contributed by atoms with E-state index in [2.05, 4.69) is 15.9 Å². The monoisotopic (exact) mass is 524 g/mol. The number of halogens is 2. The highest BCUT2D eigenvalue weighted by Gasteiger charge is 2.18. The third-order valence-electron chi connectivity index (χ3n) is 5.44. The molecule has 0 aliphatic heterocycles. The van der Waals surface area contributed by atoms with Crippen molar-refractivity contribution in [2.24, 2.45) is 0 Å². The van der Waals surface area contributed by atoms with Gasteiger partial charge in [0.15, 0.2) is 10.9 Å². The molecule has 7 heteroatoms. The number of hydrogen-bond donors (Lipinski definition) is 0. The van der Waals surface area contributed by atoms with Gasteiger partial charge in [0.2, 0.25) is 0 Å². The molecule has 0 unspecified atom stereocenters. The Hall–Kier alpha value is -2.77.